The Bertz CT molecular complexity index is 1610. The van der Waals surface area contributed by atoms with Crippen molar-refractivity contribution in [1.29, 1.82) is 0 Å². The van der Waals surface area contributed by atoms with E-state index in [9.17, 15) is 28.8 Å². The van der Waals surface area contributed by atoms with Gasteiger partial charge in [0.2, 0.25) is 0 Å². The lowest BCUT2D eigenvalue weighted by Crippen LogP contribution is -2.32. The highest BCUT2D eigenvalue weighted by Crippen LogP contribution is 2.18. The van der Waals surface area contributed by atoms with E-state index >= 15 is 0 Å². The van der Waals surface area contributed by atoms with Crippen molar-refractivity contribution in [3.8, 4) is 0 Å². The van der Waals surface area contributed by atoms with Crippen molar-refractivity contribution < 1.29 is 57.2 Å². The predicted molar refractivity (Wildman–Crippen MR) is 185 cm³/mol. The maximum absolute atomic E-state index is 12.3. The maximum Gasteiger partial charge on any atom is 0.411 e. The Hall–Kier alpha value is -6.06. The molecule has 0 fully saturated rings. The zero-order valence-corrected chi connectivity index (χ0v) is 29.3. The van der Waals surface area contributed by atoms with Gasteiger partial charge in [0.15, 0.2) is 0 Å². The van der Waals surface area contributed by atoms with Crippen LogP contribution in [0.15, 0.2) is 60.7 Å². The first-order valence-corrected chi connectivity index (χ1v) is 15.7. The van der Waals surface area contributed by atoms with E-state index in [2.05, 4.69) is 34.4 Å². The fourth-order valence-corrected chi connectivity index (χ4v) is 3.88. The molecular formula is C35H44N4O12. The number of nitrogens with one attached hydrogen (secondary N) is 4. The third kappa shape index (κ3) is 16.3. The number of carbonyl (C=O) groups excluding carboxylic acids is 6. The Morgan fingerprint density at radius 1 is 0.608 bits per heavy atom. The van der Waals surface area contributed by atoms with Gasteiger partial charge in [-0.05, 0) is 69.0 Å². The Labute approximate surface area is 295 Å². The van der Waals surface area contributed by atoms with Gasteiger partial charge in [-0.2, -0.15) is 0 Å². The van der Waals surface area contributed by atoms with Gasteiger partial charge in [-0.15, -0.1) is 0 Å². The minimum atomic E-state index is -0.745. The van der Waals surface area contributed by atoms with Gasteiger partial charge in [-0.25, -0.2) is 28.8 Å². The summed E-state index contributed by atoms with van der Waals surface area (Å²) in [5, 5.41) is 10.4. The number of amides is 4. The fraction of sp³-hybridized carbons (Fsp3) is 0.371. The lowest BCUT2D eigenvalue weighted by molar-refractivity contribution is -0.140. The van der Waals surface area contributed by atoms with Crippen LogP contribution in [-0.4, -0.2) is 75.4 Å². The molecule has 4 N–H and O–H groups in total. The zero-order valence-electron chi connectivity index (χ0n) is 29.3. The summed E-state index contributed by atoms with van der Waals surface area (Å²) < 4.78 is 30.1. The number of hydrogen-bond acceptors (Lipinski definition) is 12. The molecule has 0 radical (unpaired) electrons. The van der Waals surface area contributed by atoms with Crippen molar-refractivity contribution in [3.05, 3.63) is 83.0 Å². The molecular weight excluding hydrogens is 668 g/mol. The summed E-state index contributed by atoms with van der Waals surface area (Å²) in [5.74, 6) is -1.14. The first-order chi connectivity index (χ1) is 24.1. The van der Waals surface area contributed by atoms with Crippen LogP contribution >= 0.6 is 0 Å². The largest absolute Gasteiger partial charge is 0.459 e. The molecule has 4 amide bonds. The second kappa shape index (κ2) is 21.1. The van der Waals surface area contributed by atoms with Crippen LogP contribution in [0.4, 0.5) is 30.6 Å². The molecule has 276 valence electrons. The number of alkyl carbamates (subject to hydrolysis) is 2. The van der Waals surface area contributed by atoms with Crippen LogP contribution in [0.5, 0.6) is 0 Å². The number of ether oxygens (including phenoxy) is 6. The monoisotopic (exact) mass is 712 g/mol. The highest BCUT2D eigenvalue weighted by Gasteiger charge is 2.14. The quantitative estimate of drug-likeness (QED) is 0.0725. The lowest BCUT2D eigenvalue weighted by atomic mass is 10.1. The van der Waals surface area contributed by atoms with Crippen LogP contribution < -0.4 is 21.3 Å². The van der Waals surface area contributed by atoms with Crippen molar-refractivity contribution >= 4 is 47.7 Å². The molecule has 0 heterocycles. The molecule has 16 heteroatoms. The van der Waals surface area contributed by atoms with Crippen molar-refractivity contribution in [1.82, 2.24) is 10.6 Å². The van der Waals surface area contributed by atoms with Crippen molar-refractivity contribution in [3.63, 3.8) is 0 Å². The minimum absolute atomic E-state index is 0.101. The van der Waals surface area contributed by atoms with E-state index in [-0.39, 0.29) is 57.3 Å². The van der Waals surface area contributed by atoms with Crippen molar-refractivity contribution in [2.24, 2.45) is 0 Å². The second-order valence-corrected chi connectivity index (χ2v) is 11.2. The van der Waals surface area contributed by atoms with Crippen LogP contribution in [0.25, 0.3) is 0 Å². The number of benzene rings is 2. The third-order valence-corrected chi connectivity index (χ3v) is 6.48. The van der Waals surface area contributed by atoms with Gasteiger partial charge in [0.25, 0.3) is 0 Å². The van der Waals surface area contributed by atoms with Crippen LogP contribution in [0.1, 0.15) is 43.0 Å². The van der Waals surface area contributed by atoms with Gasteiger partial charge in [0.05, 0.1) is 0 Å². The Balaban J connectivity index is 1.66. The molecule has 16 nitrogen and oxygen atoms in total. The number of esters is 2. The molecule has 51 heavy (non-hydrogen) atoms. The zero-order chi connectivity index (χ0) is 37.9. The second-order valence-electron chi connectivity index (χ2n) is 11.2. The number of rotatable bonds is 17. The van der Waals surface area contributed by atoms with E-state index < -0.39 is 42.4 Å². The van der Waals surface area contributed by atoms with Crippen LogP contribution in [0.2, 0.25) is 0 Å². The van der Waals surface area contributed by atoms with Gasteiger partial charge in [0, 0.05) is 35.6 Å². The number of carbonyl (C=O) groups is 6. The average Bonchev–Trinajstić information content (AvgIpc) is 3.07. The predicted octanol–water partition coefficient (Wildman–Crippen LogP) is 5.18. The molecule has 2 aromatic carbocycles. The standard InChI is InChI=1S/C35H44N4O12/c1-21(2)30(40)46-12-14-48-34(44)38-28-10-8-26(16-23(28)5)18-36-32(42)50-20-25(7)51-33(43)37-19-27-9-11-29(24(6)17-27)39-35(45)49-15-13-47-31(41)22(3)4/h8-11,16-17,25H,1,3,12-15,18-20H2,2,4-7H3,(H,36,42)(H,37,43)(H,38,44)(H,39,45). The smallest absolute Gasteiger partial charge is 0.411 e. The maximum atomic E-state index is 12.3. The van der Waals surface area contributed by atoms with Crippen LogP contribution in [-0.2, 0) is 51.1 Å². The Kier molecular flexibility index (Phi) is 17.0. The highest BCUT2D eigenvalue weighted by atomic mass is 16.6. The topological polar surface area (TPSA) is 206 Å². The molecule has 0 aliphatic rings. The van der Waals surface area contributed by atoms with E-state index in [0.29, 0.717) is 22.5 Å². The lowest BCUT2D eigenvalue weighted by Gasteiger charge is -2.15. The first-order valence-electron chi connectivity index (χ1n) is 15.7. The summed E-state index contributed by atoms with van der Waals surface area (Å²) in [4.78, 5) is 71.2. The summed E-state index contributed by atoms with van der Waals surface area (Å²) in [7, 11) is 0. The SMILES string of the molecule is C=C(C)C(=O)OCCOC(=O)Nc1ccc(CNC(=O)OCC(C)OC(=O)NCc2ccc(NC(=O)OCCOC(=O)C(=C)C)c(C)c2)cc1C. The van der Waals surface area contributed by atoms with Gasteiger partial charge in [-0.1, -0.05) is 37.4 Å². The average molecular weight is 713 g/mol. The summed E-state index contributed by atoms with van der Waals surface area (Å²) in [6, 6.07) is 10.2. The minimum Gasteiger partial charge on any atom is -0.459 e. The molecule has 0 saturated carbocycles. The van der Waals surface area contributed by atoms with Crippen LogP contribution in [0.3, 0.4) is 0 Å². The van der Waals surface area contributed by atoms with E-state index in [1.165, 1.54) is 13.8 Å². The summed E-state index contributed by atoms with van der Waals surface area (Å²) in [6.07, 6.45) is -3.63. The Morgan fingerprint density at radius 3 is 1.43 bits per heavy atom. The van der Waals surface area contributed by atoms with Crippen LogP contribution in [0, 0.1) is 13.8 Å². The first kappa shape index (κ1) is 41.1. The summed E-state index contributed by atoms with van der Waals surface area (Å²) in [5.41, 5.74) is 4.36. The normalized spacial score (nSPS) is 10.8. The molecule has 0 aliphatic carbocycles. The number of aryl methyl sites for hydroxylation is 2. The fourth-order valence-electron chi connectivity index (χ4n) is 3.88. The van der Waals surface area contributed by atoms with Crippen molar-refractivity contribution in [2.45, 2.75) is 53.8 Å². The highest BCUT2D eigenvalue weighted by molar-refractivity contribution is 5.88. The molecule has 0 saturated heterocycles. The Morgan fingerprint density at radius 2 is 1.02 bits per heavy atom. The van der Waals surface area contributed by atoms with Gasteiger partial charge in [0.1, 0.15) is 39.1 Å². The van der Waals surface area contributed by atoms with E-state index in [4.69, 9.17) is 28.4 Å². The molecule has 2 rings (SSSR count). The van der Waals surface area contributed by atoms with Gasteiger partial charge < -0.3 is 39.1 Å². The van der Waals surface area contributed by atoms with E-state index in [1.54, 1.807) is 57.2 Å². The molecule has 0 aromatic heterocycles. The van der Waals surface area contributed by atoms with Gasteiger partial charge >= 0.3 is 36.3 Å². The summed E-state index contributed by atoms with van der Waals surface area (Å²) >= 11 is 0. The molecule has 1 atom stereocenters. The molecule has 0 aliphatic heterocycles. The number of hydrogen-bond donors (Lipinski definition) is 4. The third-order valence-electron chi connectivity index (χ3n) is 6.48. The molecule has 1 unspecified atom stereocenters. The number of anilines is 2. The molecule has 0 spiro atoms. The van der Waals surface area contributed by atoms with E-state index in [1.807, 2.05) is 0 Å². The van der Waals surface area contributed by atoms with E-state index in [0.717, 1.165) is 11.1 Å². The van der Waals surface area contributed by atoms with Crippen molar-refractivity contribution in [2.75, 3.05) is 43.7 Å². The molecule has 0 bridgehead atoms. The molecule has 2 aromatic rings. The summed E-state index contributed by atoms with van der Waals surface area (Å²) in [6.45, 7) is 14.7. The van der Waals surface area contributed by atoms with Gasteiger partial charge in [-0.3, -0.25) is 10.6 Å².